The molecular formula is C20H20FN3. The Morgan fingerprint density at radius 2 is 1.88 bits per heavy atom. The van der Waals surface area contributed by atoms with Crippen molar-refractivity contribution in [3.8, 4) is 11.1 Å². The van der Waals surface area contributed by atoms with Gasteiger partial charge < -0.3 is 4.90 Å². The number of fused-ring (bicyclic) bond motifs is 1. The van der Waals surface area contributed by atoms with Gasteiger partial charge in [0.05, 0.1) is 18.8 Å². The summed E-state index contributed by atoms with van der Waals surface area (Å²) >= 11 is 0. The molecule has 4 rings (SSSR count). The average molecular weight is 321 g/mol. The number of benzene rings is 2. The van der Waals surface area contributed by atoms with Crippen molar-refractivity contribution in [1.29, 1.82) is 0 Å². The Labute approximate surface area is 141 Å². The van der Waals surface area contributed by atoms with Gasteiger partial charge >= 0.3 is 0 Å². The Bertz CT molecular complexity index is 826. The lowest BCUT2D eigenvalue weighted by Gasteiger charge is -2.18. The van der Waals surface area contributed by atoms with Gasteiger partial charge in [-0.1, -0.05) is 42.5 Å². The third-order valence-corrected chi connectivity index (χ3v) is 4.57. The van der Waals surface area contributed by atoms with Gasteiger partial charge in [0, 0.05) is 18.4 Å². The van der Waals surface area contributed by atoms with E-state index in [-0.39, 0.29) is 6.67 Å². The SMILES string of the molecule is FCCn1ccc(CN2CCc3c(-c4ccccc4)cccc32)n1. The summed E-state index contributed by atoms with van der Waals surface area (Å²) in [5, 5.41) is 4.45. The molecule has 0 N–H and O–H groups in total. The van der Waals surface area contributed by atoms with Gasteiger partial charge in [-0.25, -0.2) is 4.39 Å². The van der Waals surface area contributed by atoms with Crippen LogP contribution < -0.4 is 4.90 Å². The van der Waals surface area contributed by atoms with Crippen LogP contribution >= 0.6 is 0 Å². The molecule has 0 radical (unpaired) electrons. The highest BCUT2D eigenvalue weighted by Crippen LogP contribution is 2.36. The molecular weight excluding hydrogens is 301 g/mol. The Hall–Kier alpha value is -2.62. The molecule has 1 aliphatic heterocycles. The summed E-state index contributed by atoms with van der Waals surface area (Å²) in [5.41, 5.74) is 6.27. The molecule has 0 saturated carbocycles. The van der Waals surface area contributed by atoms with Gasteiger partial charge in [0.25, 0.3) is 0 Å². The van der Waals surface area contributed by atoms with Crippen molar-refractivity contribution in [2.45, 2.75) is 19.5 Å². The van der Waals surface area contributed by atoms with E-state index in [9.17, 15) is 4.39 Å². The number of alkyl halides is 1. The third-order valence-electron chi connectivity index (χ3n) is 4.57. The van der Waals surface area contributed by atoms with Gasteiger partial charge in [-0.3, -0.25) is 4.68 Å². The number of rotatable bonds is 5. The van der Waals surface area contributed by atoms with Crippen LogP contribution in [-0.2, 0) is 19.5 Å². The molecule has 0 atom stereocenters. The zero-order valence-electron chi connectivity index (χ0n) is 13.5. The van der Waals surface area contributed by atoms with Gasteiger partial charge in [-0.05, 0) is 35.2 Å². The summed E-state index contributed by atoms with van der Waals surface area (Å²) in [7, 11) is 0. The maximum absolute atomic E-state index is 12.4. The zero-order chi connectivity index (χ0) is 16.4. The van der Waals surface area contributed by atoms with Crippen LogP contribution in [0.1, 0.15) is 11.3 Å². The van der Waals surface area contributed by atoms with E-state index in [4.69, 9.17) is 0 Å². The number of nitrogens with zero attached hydrogens (tertiary/aromatic N) is 3. The van der Waals surface area contributed by atoms with E-state index < -0.39 is 0 Å². The third kappa shape index (κ3) is 2.80. The number of aryl methyl sites for hydroxylation is 1. The van der Waals surface area contributed by atoms with Crippen LogP contribution in [0, 0.1) is 0 Å². The van der Waals surface area contributed by atoms with Crippen LogP contribution in [0.4, 0.5) is 10.1 Å². The number of anilines is 1. The molecule has 0 aliphatic carbocycles. The molecule has 1 aliphatic rings. The Balaban J connectivity index is 1.60. The van der Waals surface area contributed by atoms with Gasteiger partial charge in [-0.15, -0.1) is 0 Å². The summed E-state index contributed by atoms with van der Waals surface area (Å²) in [6.07, 6.45) is 2.90. The molecule has 2 heterocycles. The molecule has 24 heavy (non-hydrogen) atoms. The smallest absolute Gasteiger partial charge is 0.109 e. The first kappa shape index (κ1) is 14.9. The van der Waals surface area contributed by atoms with Crippen molar-refractivity contribution in [3.63, 3.8) is 0 Å². The lowest BCUT2D eigenvalue weighted by atomic mass is 9.98. The van der Waals surface area contributed by atoms with E-state index in [1.54, 1.807) is 4.68 Å². The summed E-state index contributed by atoms with van der Waals surface area (Å²) in [5.74, 6) is 0. The highest BCUT2D eigenvalue weighted by atomic mass is 19.1. The quantitative estimate of drug-likeness (QED) is 0.706. The molecule has 0 bridgehead atoms. The van der Waals surface area contributed by atoms with Crippen LogP contribution in [0.15, 0.2) is 60.8 Å². The van der Waals surface area contributed by atoms with Crippen molar-refractivity contribution in [1.82, 2.24) is 9.78 Å². The topological polar surface area (TPSA) is 21.1 Å². The van der Waals surface area contributed by atoms with Gasteiger partial charge in [0.2, 0.25) is 0 Å². The first-order chi connectivity index (χ1) is 11.8. The fourth-order valence-corrected chi connectivity index (χ4v) is 3.45. The van der Waals surface area contributed by atoms with Gasteiger partial charge in [0.15, 0.2) is 0 Å². The largest absolute Gasteiger partial charge is 0.365 e. The first-order valence-electron chi connectivity index (χ1n) is 8.36. The summed E-state index contributed by atoms with van der Waals surface area (Å²) in [6.45, 7) is 1.71. The second-order valence-electron chi connectivity index (χ2n) is 6.10. The van der Waals surface area contributed by atoms with Crippen molar-refractivity contribution in [2.75, 3.05) is 18.1 Å². The van der Waals surface area contributed by atoms with Crippen LogP contribution in [0.25, 0.3) is 11.1 Å². The lowest BCUT2D eigenvalue weighted by Crippen LogP contribution is -2.20. The summed E-state index contributed by atoms with van der Waals surface area (Å²) in [6, 6.07) is 19.0. The summed E-state index contributed by atoms with van der Waals surface area (Å²) in [4.78, 5) is 2.36. The van der Waals surface area contributed by atoms with Gasteiger partial charge in [-0.2, -0.15) is 5.10 Å². The predicted octanol–water partition coefficient (Wildman–Crippen LogP) is 4.08. The Kier molecular flexibility index (Phi) is 4.03. The van der Waals surface area contributed by atoms with E-state index in [0.717, 1.165) is 25.2 Å². The van der Waals surface area contributed by atoms with Gasteiger partial charge in [0.1, 0.15) is 6.67 Å². The minimum atomic E-state index is -0.381. The van der Waals surface area contributed by atoms with Crippen LogP contribution in [-0.4, -0.2) is 23.0 Å². The van der Waals surface area contributed by atoms with Crippen LogP contribution in [0.3, 0.4) is 0 Å². The van der Waals surface area contributed by atoms with E-state index in [1.165, 1.54) is 22.4 Å². The highest BCUT2D eigenvalue weighted by Gasteiger charge is 2.22. The van der Waals surface area contributed by atoms with Crippen molar-refractivity contribution < 1.29 is 4.39 Å². The number of hydrogen-bond acceptors (Lipinski definition) is 2. The Morgan fingerprint density at radius 1 is 1.00 bits per heavy atom. The fraction of sp³-hybridized carbons (Fsp3) is 0.250. The molecule has 3 aromatic rings. The Morgan fingerprint density at radius 3 is 2.71 bits per heavy atom. The second kappa shape index (κ2) is 6.48. The second-order valence-corrected chi connectivity index (χ2v) is 6.10. The number of aromatic nitrogens is 2. The molecule has 1 aromatic heterocycles. The zero-order valence-corrected chi connectivity index (χ0v) is 13.5. The van der Waals surface area contributed by atoms with E-state index in [0.29, 0.717) is 6.54 Å². The minimum Gasteiger partial charge on any atom is -0.365 e. The maximum Gasteiger partial charge on any atom is 0.109 e. The molecule has 0 amide bonds. The molecule has 0 spiro atoms. The number of hydrogen-bond donors (Lipinski definition) is 0. The van der Waals surface area contributed by atoms with E-state index >= 15 is 0 Å². The number of halogens is 1. The van der Waals surface area contributed by atoms with Crippen molar-refractivity contribution in [2.24, 2.45) is 0 Å². The first-order valence-corrected chi connectivity index (χ1v) is 8.36. The van der Waals surface area contributed by atoms with E-state index in [1.807, 2.05) is 18.3 Å². The summed E-state index contributed by atoms with van der Waals surface area (Å²) < 4.78 is 14.1. The molecule has 0 unspecified atom stereocenters. The normalized spacial score (nSPS) is 13.3. The van der Waals surface area contributed by atoms with Crippen LogP contribution in [0.5, 0.6) is 0 Å². The molecule has 0 saturated heterocycles. The standard InChI is InChI=1S/C20H20FN3/c21-11-14-24-13-9-17(22-24)15-23-12-10-19-18(7-4-8-20(19)23)16-5-2-1-3-6-16/h1-9,13H,10-12,14-15H2. The maximum atomic E-state index is 12.4. The van der Waals surface area contributed by atoms with Crippen molar-refractivity contribution in [3.05, 3.63) is 72.1 Å². The van der Waals surface area contributed by atoms with Crippen LogP contribution in [0.2, 0.25) is 0 Å². The molecule has 4 heteroatoms. The van der Waals surface area contributed by atoms with E-state index in [2.05, 4.69) is 52.5 Å². The average Bonchev–Trinajstić information content (AvgIpc) is 3.24. The van der Waals surface area contributed by atoms with Crippen molar-refractivity contribution >= 4 is 5.69 Å². The molecule has 122 valence electrons. The predicted molar refractivity (Wildman–Crippen MR) is 94.8 cm³/mol. The molecule has 0 fully saturated rings. The minimum absolute atomic E-state index is 0.328. The highest BCUT2D eigenvalue weighted by molar-refractivity contribution is 5.76. The lowest BCUT2D eigenvalue weighted by molar-refractivity contribution is 0.425. The molecule has 2 aromatic carbocycles. The fourth-order valence-electron chi connectivity index (χ4n) is 3.45. The monoisotopic (exact) mass is 321 g/mol. The molecule has 3 nitrogen and oxygen atoms in total.